The Labute approximate surface area is 124 Å². The maximum absolute atomic E-state index is 13.7. The molecule has 5 nitrogen and oxygen atoms in total. The summed E-state index contributed by atoms with van der Waals surface area (Å²) < 4.78 is 43.8. The average molecular weight is 317 g/mol. The number of piperidine rings is 1. The van der Waals surface area contributed by atoms with Crippen LogP contribution in [0, 0.1) is 11.7 Å². The zero-order chi connectivity index (χ0) is 15.5. The van der Waals surface area contributed by atoms with E-state index in [0.29, 0.717) is 18.7 Å². The zero-order valence-corrected chi connectivity index (χ0v) is 12.8. The van der Waals surface area contributed by atoms with E-state index in [4.69, 9.17) is 4.74 Å². The van der Waals surface area contributed by atoms with E-state index in [1.807, 2.05) is 0 Å². The molecule has 1 aromatic rings. The number of halogens is 1. The monoisotopic (exact) mass is 317 g/mol. The molecule has 1 atom stereocenters. The van der Waals surface area contributed by atoms with Crippen LogP contribution < -0.4 is 4.74 Å². The van der Waals surface area contributed by atoms with Crippen LogP contribution in [0.15, 0.2) is 18.2 Å². The van der Waals surface area contributed by atoms with Gasteiger partial charge in [0, 0.05) is 24.6 Å². The highest BCUT2D eigenvalue weighted by Gasteiger charge is 2.26. The number of hydrogen-bond donors (Lipinski definition) is 1. The minimum Gasteiger partial charge on any atom is -0.490 e. The Morgan fingerprint density at radius 2 is 2.24 bits per heavy atom. The molecule has 0 bridgehead atoms. The standard InChI is InChI=1S/C14H20FNO4S/c1-21(18,19)16-7-3-4-11(8-16)10-20-14-12(9-17)5-2-6-13(14)15/h2,5-6,11,17H,3-4,7-10H2,1H3. The quantitative estimate of drug-likeness (QED) is 0.891. The fourth-order valence-electron chi connectivity index (χ4n) is 2.50. The van der Waals surface area contributed by atoms with Gasteiger partial charge in [-0.1, -0.05) is 12.1 Å². The summed E-state index contributed by atoms with van der Waals surface area (Å²) in [7, 11) is -3.20. The predicted molar refractivity (Wildman–Crippen MR) is 77.0 cm³/mol. The normalized spacial score (nSPS) is 20.4. The van der Waals surface area contributed by atoms with E-state index in [2.05, 4.69) is 0 Å². The Morgan fingerprint density at radius 3 is 2.90 bits per heavy atom. The van der Waals surface area contributed by atoms with Gasteiger partial charge in [0.1, 0.15) is 0 Å². The van der Waals surface area contributed by atoms with Crippen LogP contribution in [0.3, 0.4) is 0 Å². The number of hydrogen-bond acceptors (Lipinski definition) is 4. The third kappa shape index (κ3) is 4.15. The number of rotatable bonds is 5. The first-order valence-electron chi connectivity index (χ1n) is 6.88. The Morgan fingerprint density at radius 1 is 1.48 bits per heavy atom. The van der Waals surface area contributed by atoms with Crippen LogP contribution in [0.25, 0.3) is 0 Å². The van der Waals surface area contributed by atoms with Crippen molar-refractivity contribution in [2.75, 3.05) is 26.0 Å². The van der Waals surface area contributed by atoms with E-state index >= 15 is 0 Å². The molecule has 0 radical (unpaired) electrons. The van der Waals surface area contributed by atoms with Crippen LogP contribution >= 0.6 is 0 Å². The molecule has 1 aliphatic heterocycles. The smallest absolute Gasteiger partial charge is 0.211 e. The number of benzene rings is 1. The Kier molecular flexibility index (Phi) is 5.18. The van der Waals surface area contributed by atoms with E-state index in [9.17, 15) is 17.9 Å². The minimum absolute atomic E-state index is 0.0274. The molecule has 2 rings (SSSR count). The Bertz CT molecular complexity index is 591. The number of aliphatic hydroxyl groups excluding tert-OH is 1. The molecule has 118 valence electrons. The van der Waals surface area contributed by atoms with Crippen molar-refractivity contribution in [1.29, 1.82) is 0 Å². The van der Waals surface area contributed by atoms with Crippen LogP contribution in [0.4, 0.5) is 4.39 Å². The first kappa shape index (κ1) is 16.2. The van der Waals surface area contributed by atoms with Gasteiger partial charge >= 0.3 is 0 Å². The number of aliphatic hydroxyl groups is 1. The lowest BCUT2D eigenvalue weighted by Gasteiger charge is -2.30. The predicted octanol–water partition coefficient (Wildman–Crippen LogP) is 1.37. The van der Waals surface area contributed by atoms with Gasteiger partial charge in [-0.15, -0.1) is 0 Å². The van der Waals surface area contributed by atoms with Gasteiger partial charge in [0.15, 0.2) is 11.6 Å². The van der Waals surface area contributed by atoms with Crippen molar-refractivity contribution < 1.29 is 22.7 Å². The molecular weight excluding hydrogens is 297 g/mol. The topological polar surface area (TPSA) is 66.8 Å². The molecule has 0 saturated carbocycles. The molecule has 0 amide bonds. The lowest BCUT2D eigenvalue weighted by Crippen LogP contribution is -2.41. The molecule has 1 unspecified atom stereocenters. The lowest BCUT2D eigenvalue weighted by atomic mass is 10.0. The molecule has 1 aliphatic rings. The van der Waals surface area contributed by atoms with Crippen molar-refractivity contribution in [3.63, 3.8) is 0 Å². The number of nitrogens with zero attached hydrogens (tertiary/aromatic N) is 1. The molecule has 21 heavy (non-hydrogen) atoms. The Balaban J connectivity index is 2.00. The Hall–Kier alpha value is -1.18. The van der Waals surface area contributed by atoms with Gasteiger partial charge in [0.05, 0.1) is 19.5 Å². The van der Waals surface area contributed by atoms with Crippen LogP contribution in [-0.2, 0) is 16.6 Å². The SMILES string of the molecule is CS(=O)(=O)N1CCCC(COc2c(F)cccc2CO)C1. The molecule has 1 saturated heterocycles. The van der Waals surface area contributed by atoms with Gasteiger partial charge in [-0.05, 0) is 18.9 Å². The molecule has 0 aromatic heterocycles. The largest absolute Gasteiger partial charge is 0.490 e. The van der Waals surface area contributed by atoms with Gasteiger partial charge < -0.3 is 9.84 Å². The third-order valence-corrected chi connectivity index (χ3v) is 4.90. The van der Waals surface area contributed by atoms with E-state index in [-0.39, 0.29) is 24.9 Å². The zero-order valence-electron chi connectivity index (χ0n) is 12.0. The summed E-state index contributed by atoms with van der Waals surface area (Å²) >= 11 is 0. The molecular formula is C14H20FNO4S. The second-order valence-corrected chi connectivity index (χ2v) is 7.31. The van der Waals surface area contributed by atoms with Crippen LogP contribution in [0.2, 0.25) is 0 Å². The molecule has 0 aliphatic carbocycles. The van der Waals surface area contributed by atoms with Crippen molar-refractivity contribution in [3.05, 3.63) is 29.6 Å². The highest BCUT2D eigenvalue weighted by atomic mass is 32.2. The summed E-state index contributed by atoms with van der Waals surface area (Å²) in [5.74, 6) is -0.437. The van der Waals surface area contributed by atoms with E-state index in [1.54, 1.807) is 6.07 Å². The van der Waals surface area contributed by atoms with Gasteiger partial charge in [-0.2, -0.15) is 0 Å². The summed E-state index contributed by atoms with van der Waals surface area (Å²) in [6, 6.07) is 4.39. The highest BCUT2D eigenvalue weighted by molar-refractivity contribution is 7.88. The second-order valence-electron chi connectivity index (χ2n) is 5.33. The summed E-state index contributed by atoms with van der Waals surface area (Å²) in [4.78, 5) is 0. The first-order chi connectivity index (χ1) is 9.91. The molecule has 1 heterocycles. The van der Waals surface area contributed by atoms with E-state index in [0.717, 1.165) is 12.8 Å². The van der Waals surface area contributed by atoms with Crippen LogP contribution in [-0.4, -0.2) is 43.8 Å². The summed E-state index contributed by atoms with van der Waals surface area (Å²) in [5.41, 5.74) is 0.394. The molecule has 1 aromatic carbocycles. The molecule has 7 heteroatoms. The first-order valence-corrected chi connectivity index (χ1v) is 8.73. The van der Waals surface area contributed by atoms with Gasteiger partial charge in [0.25, 0.3) is 0 Å². The van der Waals surface area contributed by atoms with Crippen molar-refractivity contribution in [2.24, 2.45) is 5.92 Å². The molecule has 1 fully saturated rings. The van der Waals surface area contributed by atoms with Crippen molar-refractivity contribution in [3.8, 4) is 5.75 Å². The van der Waals surface area contributed by atoms with Gasteiger partial charge in [-0.25, -0.2) is 17.1 Å². The lowest BCUT2D eigenvalue weighted by molar-refractivity contribution is 0.172. The summed E-state index contributed by atoms with van der Waals surface area (Å²) in [6.07, 6.45) is 2.80. The van der Waals surface area contributed by atoms with E-state index < -0.39 is 15.8 Å². The van der Waals surface area contributed by atoms with Crippen molar-refractivity contribution >= 4 is 10.0 Å². The highest BCUT2D eigenvalue weighted by Crippen LogP contribution is 2.25. The maximum Gasteiger partial charge on any atom is 0.211 e. The van der Waals surface area contributed by atoms with Crippen molar-refractivity contribution in [2.45, 2.75) is 19.4 Å². The average Bonchev–Trinajstić information content (AvgIpc) is 2.45. The minimum atomic E-state index is -3.20. The summed E-state index contributed by atoms with van der Waals surface area (Å²) in [6.45, 7) is 0.853. The fourth-order valence-corrected chi connectivity index (χ4v) is 3.45. The van der Waals surface area contributed by atoms with E-state index in [1.165, 1.54) is 22.7 Å². The van der Waals surface area contributed by atoms with Crippen LogP contribution in [0.5, 0.6) is 5.75 Å². The second kappa shape index (κ2) is 6.72. The van der Waals surface area contributed by atoms with Crippen molar-refractivity contribution in [1.82, 2.24) is 4.31 Å². The maximum atomic E-state index is 13.7. The molecule has 1 N–H and O–H groups in total. The fraction of sp³-hybridized carbons (Fsp3) is 0.571. The summed E-state index contributed by atoms with van der Waals surface area (Å²) in [5, 5.41) is 9.19. The number of ether oxygens (including phenoxy) is 1. The number of sulfonamides is 1. The van der Waals surface area contributed by atoms with Gasteiger partial charge in [-0.3, -0.25) is 0 Å². The molecule has 0 spiro atoms. The van der Waals surface area contributed by atoms with Gasteiger partial charge in [0.2, 0.25) is 10.0 Å². The van der Waals surface area contributed by atoms with Crippen LogP contribution in [0.1, 0.15) is 18.4 Å². The number of para-hydroxylation sites is 1. The third-order valence-electron chi connectivity index (χ3n) is 3.63.